The predicted molar refractivity (Wildman–Crippen MR) is 157 cm³/mol. The number of hydrogen-bond donors (Lipinski definition) is 5. The summed E-state index contributed by atoms with van der Waals surface area (Å²) in [6.45, 7) is -0.697. The first-order chi connectivity index (χ1) is 22.2. The van der Waals surface area contributed by atoms with Crippen molar-refractivity contribution < 1.29 is 63.5 Å². The van der Waals surface area contributed by atoms with E-state index in [0.29, 0.717) is 5.56 Å². The number of aromatic hydroxyl groups is 1. The molecule has 0 aromatic heterocycles. The average Bonchev–Trinajstić information content (AvgIpc) is 3.75. The third-order valence-corrected chi connectivity index (χ3v) is 8.54. The van der Waals surface area contributed by atoms with Crippen LogP contribution in [0.4, 0.5) is 0 Å². The largest absolute Gasteiger partial charge is 0.508 e. The maximum Gasteiger partial charge on any atom is 0.330 e. The van der Waals surface area contributed by atoms with Gasteiger partial charge in [0.2, 0.25) is 6.29 Å². The normalized spacial score (nSPS) is 36.2. The number of hydrogen-bond acceptors (Lipinski definition) is 13. The number of fused-ring (bicyclic) bond motifs is 3. The summed E-state index contributed by atoms with van der Waals surface area (Å²) in [6.07, 6.45) is -2.23. The first kappa shape index (κ1) is 31.9. The molecule has 3 heterocycles. The van der Waals surface area contributed by atoms with E-state index in [-0.39, 0.29) is 12.4 Å². The van der Waals surface area contributed by atoms with Gasteiger partial charge >= 0.3 is 11.9 Å². The minimum atomic E-state index is -1.73. The standard InChI is InChI=1S/C33H34O13/c34-20-10-6-19(7-11-20)9-12-23(35)42-16-22-27(38)28(39)29(40)32(44-22)45-31-25-21(14-15-41-31)26(37)30-33(25,46-30)17-43-24(36)13-8-18-4-2-1-3-5-18/h1-15,21-22,25-32,34,37-40H,16-17H2/b12-9+,13-8+/t21-,22-,25-,26+,27-,28+,29-,30+,31-,32+,33-/m1/s1. The molecule has 244 valence electrons. The van der Waals surface area contributed by atoms with Crippen molar-refractivity contribution in [1.29, 1.82) is 0 Å². The van der Waals surface area contributed by atoms with Crippen molar-refractivity contribution in [3.8, 4) is 5.75 Å². The molecule has 0 bridgehead atoms. The maximum atomic E-state index is 12.5. The minimum Gasteiger partial charge on any atom is -0.508 e. The number of phenolic OH excluding ortho intramolecular Hbond substituents is 1. The van der Waals surface area contributed by atoms with Gasteiger partial charge in [-0.3, -0.25) is 0 Å². The molecule has 5 N–H and O–H groups in total. The first-order valence-corrected chi connectivity index (χ1v) is 14.7. The SMILES string of the molecule is O=C(/C=C/c1ccc(O)cc1)OC[C@H]1O[C@@H](O[C@H]2OC=C[C@H]3[C@H](O)[C@@H]4O[C@]4(COC(=O)/C=C/c4ccccc4)[C@@H]23)[C@H](O)[C@@H](O)[C@@H]1O. The lowest BCUT2D eigenvalue weighted by Crippen LogP contribution is -2.60. The van der Waals surface area contributed by atoms with Gasteiger partial charge in [-0.1, -0.05) is 42.5 Å². The number of carbonyl (C=O) groups excluding carboxylic acids is 2. The molecule has 0 unspecified atom stereocenters. The zero-order valence-corrected chi connectivity index (χ0v) is 24.4. The van der Waals surface area contributed by atoms with Crippen molar-refractivity contribution in [1.82, 2.24) is 0 Å². The van der Waals surface area contributed by atoms with E-state index >= 15 is 0 Å². The first-order valence-electron chi connectivity index (χ1n) is 14.7. The molecule has 0 amide bonds. The second kappa shape index (κ2) is 13.3. The third-order valence-electron chi connectivity index (χ3n) is 8.54. The van der Waals surface area contributed by atoms with Gasteiger partial charge in [-0.25, -0.2) is 9.59 Å². The van der Waals surface area contributed by atoms with Crippen LogP contribution in [0.5, 0.6) is 5.75 Å². The van der Waals surface area contributed by atoms with Crippen LogP contribution in [0.2, 0.25) is 0 Å². The Labute approximate surface area is 263 Å². The fourth-order valence-electron chi connectivity index (χ4n) is 6.06. The molecule has 4 aliphatic rings. The molecular formula is C33H34O13. The lowest BCUT2D eigenvalue weighted by atomic mass is 9.85. The summed E-state index contributed by atoms with van der Waals surface area (Å²) in [4.78, 5) is 24.8. The quantitative estimate of drug-likeness (QED) is 0.138. The number of benzene rings is 2. The molecule has 11 atom stereocenters. The smallest absolute Gasteiger partial charge is 0.330 e. The Morgan fingerprint density at radius 3 is 2.20 bits per heavy atom. The Kier molecular flexibility index (Phi) is 9.25. The predicted octanol–water partition coefficient (Wildman–Crippen LogP) is 0.644. The Hall–Kier alpha value is -4.08. The number of epoxide rings is 1. The van der Waals surface area contributed by atoms with Gasteiger partial charge in [0.25, 0.3) is 0 Å². The minimum absolute atomic E-state index is 0.0741. The van der Waals surface area contributed by atoms with Crippen LogP contribution in [0, 0.1) is 11.8 Å². The highest BCUT2D eigenvalue weighted by atomic mass is 16.8. The summed E-state index contributed by atoms with van der Waals surface area (Å²) in [6, 6.07) is 15.3. The van der Waals surface area contributed by atoms with Gasteiger partial charge in [0.15, 0.2) is 6.29 Å². The number of aliphatic hydroxyl groups is 4. The number of rotatable bonds is 10. The highest BCUT2D eigenvalue weighted by Gasteiger charge is 2.76. The number of esters is 2. The highest BCUT2D eigenvalue weighted by molar-refractivity contribution is 5.87. The zero-order chi connectivity index (χ0) is 32.4. The van der Waals surface area contributed by atoms with Crippen LogP contribution >= 0.6 is 0 Å². The number of aliphatic hydroxyl groups excluding tert-OH is 4. The molecule has 1 aliphatic carbocycles. The summed E-state index contributed by atoms with van der Waals surface area (Å²) in [5, 5.41) is 52.1. The van der Waals surface area contributed by atoms with Crippen molar-refractivity contribution >= 4 is 24.1 Å². The molecule has 3 fully saturated rings. The van der Waals surface area contributed by atoms with E-state index in [9.17, 15) is 35.1 Å². The van der Waals surface area contributed by atoms with Crippen molar-refractivity contribution in [2.75, 3.05) is 13.2 Å². The van der Waals surface area contributed by atoms with Gasteiger partial charge < -0.3 is 54.0 Å². The second-order valence-electron chi connectivity index (χ2n) is 11.5. The molecule has 13 heteroatoms. The summed E-state index contributed by atoms with van der Waals surface area (Å²) in [5.41, 5.74) is 0.295. The molecule has 2 saturated heterocycles. The van der Waals surface area contributed by atoms with Gasteiger partial charge in [-0.05, 0) is 41.5 Å². The fraction of sp³-hybridized carbons (Fsp3) is 0.394. The van der Waals surface area contributed by atoms with Crippen molar-refractivity contribution in [2.24, 2.45) is 11.8 Å². The van der Waals surface area contributed by atoms with Crippen LogP contribution in [0.3, 0.4) is 0 Å². The Morgan fingerprint density at radius 2 is 1.48 bits per heavy atom. The molecule has 0 spiro atoms. The average molecular weight is 639 g/mol. The Balaban J connectivity index is 1.08. The van der Waals surface area contributed by atoms with Crippen molar-refractivity contribution in [3.05, 3.63) is 90.2 Å². The maximum absolute atomic E-state index is 12.5. The zero-order valence-electron chi connectivity index (χ0n) is 24.4. The number of ether oxygens (including phenoxy) is 6. The monoisotopic (exact) mass is 638 g/mol. The lowest BCUT2D eigenvalue weighted by molar-refractivity contribution is -0.344. The summed E-state index contributed by atoms with van der Waals surface area (Å²) in [7, 11) is 0. The number of phenols is 1. The molecular weight excluding hydrogens is 604 g/mol. The van der Waals surface area contributed by atoms with Crippen LogP contribution in [0.1, 0.15) is 11.1 Å². The molecule has 0 radical (unpaired) electrons. The van der Waals surface area contributed by atoms with E-state index < -0.39 is 85.2 Å². The molecule has 13 nitrogen and oxygen atoms in total. The Morgan fingerprint density at radius 1 is 0.804 bits per heavy atom. The summed E-state index contributed by atoms with van der Waals surface area (Å²) in [5.74, 6) is -2.52. The second-order valence-corrected chi connectivity index (χ2v) is 11.5. The van der Waals surface area contributed by atoms with Gasteiger partial charge in [-0.2, -0.15) is 0 Å². The van der Waals surface area contributed by atoms with Gasteiger partial charge in [0, 0.05) is 18.1 Å². The van der Waals surface area contributed by atoms with E-state index in [1.165, 1.54) is 30.5 Å². The third kappa shape index (κ3) is 6.57. The molecule has 2 aromatic rings. The van der Waals surface area contributed by atoms with E-state index in [1.807, 2.05) is 30.3 Å². The van der Waals surface area contributed by atoms with Crippen LogP contribution < -0.4 is 0 Å². The van der Waals surface area contributed by atoms with Crippen molar-refractivity contribution in [2.45, 2.75) is 54.8 Å². The Bertz CT molecular complexity index is 1470. The molecule has 2 aromatic carbocycles. The van der Waals surface area contributed by atoms with E-state index in [4.69, 9.17) is 28.4 Å². The van der Waals surface area contributed by atoms with E-state index in [0.717, 1.165) is 11.6 Å². The van der Waals surface area contributed by atoms with Crippen LogP contribution in [0.15, 0.2) is 79.1 Å². The molecule has 1 saturated carbocycles. The van der Waals surface area contributed by atoms with Gasteiger partial charge in [-0.15, -0.1) is 0 Å². The van der Waals surface area contributed by atoms with Crippen LogP contribution in [-0.2, 0) is 38.0 Å². The fourth-order valence-corrected chi connectivity index (χ4v) is 6.06. The molecule has 46 heavy (non-hydrogen) atoms. The molecule has 3 aliphatic heterocycles. The van der Waals surface area contributed by atoms with Crippen LogP contribution in [0.25, 0.3) is 12.2 Å². The van der Waals surface area contributed by atoms with Gasteiger partial charge in [0.05, 0.1) is 18.3 Å². The highest BCUT2D eigenvalue weighted by Crippen LogP contribution is 2.60. The summed E-state index contributed by atoms with van der Waals surface area (Å²) < 4.78 is 33.9. The van der Waals surface area contributed by atoms with Crippen LogP contribution in [-0.4, -0.2) is 105 Å². The number of carbonyl (C=O) groups is 2. The van der Waals surface area contributed by atoms with Gasteiger partial charge in [0.1, 0.15) is 55.1 Å². The van der Waals surface area contributed by atoms with E-state index in [2.05, 4.69) is 0 Å². The summed E-state index contributed by atoms with van der Waals surface area (Å²) >= 11 is 0. The van der Waals surface area contributed by atoms with E-state index in [1.54, 1.807) is 24.3 Å². The lowest BCUT2D eigenvalue weighted by Gasteiger charge is -2.43. The molecule has 6 rings (SSSR count). The van der Waals surface area contributed by atoms with Crippen molar-refractivity contribution in [3.63, 3.8) is 0 Å². The topological polar surface area (TPSA) is 194 Å².